The summed E-state index contributed by atoms with van der Waals surface area (Å²) in [5.74, 6) is -0.747. The fraction of sp³-hybridized carbons (Fsp3) is 0.273. The highest BCUT2D eigenvalue weighted by molar-refractivity contribution is 6.35. The monoisotopic (exact) mass is 442 g/mol. The van der Waals surface area contributed by atoms with Gasteiger partial charge in [0.25, 0.3) is 5.91 Å². The average molecular weight is 442 g/mol. The molecule has 3 amide bonds. The lowest BCUT2D eigenvalue weighted by atomic mass is 10.2. The molecule has 10 heteroatoms. The van der Waals surface area contributed by atoms with Gasteiger partial charge < -0.3 is 24.8 Å². The zero-order valence-electron chi connectivity index (χ0n) is 18.1. The van der Waals surface area contributed by atoms with E-state index in [2.05, 4.69) is 21.2 Å². The van der Waals surface area contributed by atoms with E-state index in [1.807, 2.05) is 6.92 Å². The highest BCUT2D eigenvalue weighted by Crippen LogP contribution is 2.30. The molecule has 0 fully saturated rings. The molecule has 0 saturated carbocycles. The highest BCUT2D eigenvalue weighted by atomic mass is 16.5. The van der Waals surface area contributed by atoms with Crippen molar-refractivity contribution in [1.29, 1.82) is 0 Å². The number of ether oxygens (including phenoxy) is 3. The standard InChI is InChI=1S/C22H26N4O6/c1-4-12-23-21(28)22(29)26-24-13-15-6-5-7-18(31-3)20(15)32-14-19(27)25-16-8-10-17(30-2)11-9-16/h5-11,13H,4,12,14H2,1-3H3,(H,23,28)(H,25,27)(H,26,29)/b24-13-. The number of benzene rings is 2. The van der Waals surface area contributed by atoms with E-state index in [1.54, 1.807) is 49.6 Å². The number of nitrogens with zero attached hydrogens (tertiary/aromatic N) is 1. The Kier molecular flexibility index (Phi) is 9.51. The third kappa shape index (κ3) is 7.31. The Hall–Kier alpha value is -4.08. The van der Waals surface area contributed by atoms with Gasteiger partial charge in [-0.1, -0.05) is 13.0 Å². The van der Waals surface area contributed by atoms with Crippen LogP contribution in [0.3, 0.4) is 0 Å². The van der Waals surface area contributed by atoms with Gasteiger partial charge in [-0.2, -0.15) is 5.10 Å². The average Bonchev–Trinajstić information content (AvgIpc) is 2.81. The van der Waals surface area contributed by atoms with Crippen molar-refractivity contribution in [3.05, 3.63) is 48.0 Å². The molecule has 2 aromatic carbocycles. The lowest BCUT2D eigenvalue weighted by Gasteiger charge is -2.13. The summed E-state index contributed by atoms with van der Waals surface area (Å²) < 4.78 is 16.0. The van der Waals surface area contributed by atoms with E-state index in [0.717, 1.165) is 0 Å². The molecule has 32 heavy (non-hydrogen) atoms. The molecule has 0 aliphatic carbocycles. The van der Waals surface area contributed by atoms with Crippen LogP contribution in [0.25, 0.3) is 0 Å². The number of carbonyl (C=O) groups is 3. The topological polar surface area (TPSA) is 127 Å². The van der Waals surface area contributed by atoms with Crippen LogP contribution in [-0.4, -0.2) is 51.3 Å². The second kappa shape index (κ2) is 12.6. The maximum atomic E-state index is 12.3. The van der Waals surface area contributed by atoms with Crippen LogP contribution in [0.15, 0.2) is 47.6 Å². The molecule has 170 valence electrons. The fourth-order valence-corrected chi connectivity index (χ4v) is 2.49. The number of anilines is 1. The Bertz CT molecular complexity index is 959. The largest absolute Gasteiger partial charge is 0.497 e. The van der Waals surface area contributed by atoms with Crippen molar-refractivity contribution in [2.75, 3.05) is 32.7 Å². The maximum absolute atomic E-state index is 12.3. The molecule has 0 bridgehead atoms. The first-order valence-electron chi connectivity index (χ1n) is 9.83. The fourth-order valence-electron chi connectivity index (χ4n) is 2.49. The summed E-state index contributed by atoms with van der Waals surface area (Å²) in [5.41, 5.74) is 3.17. The second-order valence-corrected chi connectivity index (χ2v) is 6.40. The van der Waals surface area contributed by atoms with Crippen LogP contribution in [0.4, 0.5) is 5.69 Å². The predicted molar refractivity (Wildman–Crippen MR) is 119 cm³/mol. The summed E-state index contributed by atoms with van der Waals surface area (Å²) in [4.78, 5) is 35.6. The van der Waals surface area contributed by atoms with E-state index in [0.29, 0.717) is 35.7 Å². The van der Waals surface area contributed by atoms with Crippen LogP contribution in [0.1, 0.15) is 18.9 Å². The van der Waals surface area contributed by atoms with Gasteiger partial charge in [0.1, 0.15) is 5.75 Å². The van der Waals surface area contributed by atoms with Crippen molar-refractivity contribution in [2.45, 2.75) is 13.3 Å². The number of rotatable bonds is 10. The van der Waals surface area contributed by atoms with E-state index in [1.165, 1.54) is 13.3 Å². The van der Waals surface area contributed by atoms with Gasteiger partial charge in [-0.25, -0.2) is 5.43 Å². The van der Waals surface area contributed by atoms with Gasteiger partial charge in [0.15, 0.2) is 18.1 Å². The molecule has 0 radical (unpaired) electrons. The molecule has 0 spiro atoms. The quantitative estimate of drug-likeness (QED) is 0.292. The van der Waals surface area contributed by atoms with Crippen molar-refractivity contribution in [3.63, 3.8) is 0 Å². The van der Waals surface area contributed by atoms with Gasteiger partial charge in [-0.05, 0) is 42.8 Å². The number of carbonyl (C=O) groups excluding carboxylic acids is 3. The number of hydrazone groups is 1. The summed E-state index contributed by atoms with van der Waals surface area (Å²) >= 11 is 0. The predicted octanol–water partition coefficient (Wildman–Crippen LogP) is 1.70. The van der Waals surface area contributed by atoms with Crippen molar-refractivity contribution < 1.29 is 28.6 Å². The molecule has 2 aromatic rings. The normalized spacial score (nSPS) is 10.3. The number of hydrogen-bond acceptors (Lipinski definition) is 7. The number of methoxy groups -OCH3 is 2. The van der Waals surface area contributed by atoms with Crippen LogP contribution in [0.5, 0.6) is 17.2 Å². The van der Waals surface area contributed by atoms with Gasteiger partial charge in [0.05, 0.1) is 20.4 Å². The van der Waals surface area contributed by atoms with Crippen LogP contribution < -0.4 is 30.3 Å². The van der Waals surface area contributed by atoms with Gasteiger partial charge in [0, 0.05) is 17.8 Å². The van der Waals surface area contributed by atoms with E-state index in [9.17, 15) is 14.4 Å². The number of nitrogens with one attached hydrogen (secondary N) is 3. The Balaban J connectivity index is 2.01. The van der Waals surface area contributed by atoms with Crippen LogP contribution in [-0.2, 0) is 14.4 Å². The summed E-state index contributed by atoms with van der Waals surface area (Å²) in [6, 6.07) is 11.9. The minimum atomic E-state index is -0.890. The molecule has 0 atom stereocenters. The zero-order chi connectivity index (χ0) is 23.3. The molecule has 0 saturated heterocycles. The third-order valence-corrected chi connectivity index (χ3v) is 4.06. The molecular formula is C22H26N4O6. The van der Waals surface area contributed by atoms with Crippen molar-refractivity contribution in [3.8, 4) is 17.2 Å². The molecule has 0 heterocycles. The lowest BCUT2D eigenvalue weighted by molar-refractivity contribution is -0.139. The van der Waals surface area contributed by atoms with E-state index in [4.69, 9.17) is 14.2 Å². The summed E-state index contributed by atoms with van der Waals surface area (Å²) in [5, 5.41) is 8.95. The number of hydrogen-bond donors (Lipinski definition) is 3. The lowest BCUT2D eigenvalue weighted by Crippen LogP contribution is -2.38. The zero-order valence-corrected chi connectivity index (χ0v) is 18.1. The number of amides is 3. The van der Waals surface area contributed by atoms with E-state index in [-0.39, 0.29) is 18.3 Å². The van der Waals surface area contributed by atoms with Crippen LogP contribution >= 0.6 is 0 Å². The first-order chi connectivity index (χ1) is 15.5. The Morgan fingerprint density at radius 2 is 1.75 bits per heavy atom. The molecule has 0 aliphatic rings. The van der Waals surface area contributed by atoms with Gasteiger partial charge in [0.2, 0.25) is 0 Å². The van der Waals surface area contributed by atoms with Crippen molar-refractivity contribution >= 4 is 29.6 Å². The van der Waals surface area contributed by atoms with Crippen LogP contribution in [0.2, 0.25) is 0 Å². The van der Waals surface area contributed by atoms with E-state index < -0.39 is 11.8 Å². The minimum absolute atomic E-state index is 0.258. The van der Waals surface area contributed by atoms with Crippen molar-refractivity contribution in [2.24, 2.45) is 5.10 Å². The van der Waals surface area contributed by atoms with E-state index >= 15 is 0 Å². The highest BCUT2D eigenvalue weighted by Gasteiger charge is 2.14. The third-order valence-electron chi connectivity index (χ3n) is 4.06. The van der Waals surface area contributed by atoms with Crippen LogP contribution in [0, 0.1) is 0 Å². The minimum Gasteiger partial charge on any atom is -0.497 e. The Morgan fingerprint density at radius 3 is 2.41 bits per heavy atom. The number of para-hydroxylation sites is 1. The smallest absolute Gasteiger partial charge is 0.329 e. The Morgan fingerprint density at radius 1 is 1.00 bits per heavy atom. The molecule has 2 rings (SSSR count). The van der Waals surface area contributed by atoms with Crippen molar-refractivity contribution in [1.82, 2.24) is 10.7 Å². The summed E-state index contributed by atoms with van der Waals surface area (Å²) in [6.07, 6.45) is 2.00. The van der Waals surface area contributed by atoms with Gasteiger partial charge in [-0.3, -0.25) is 14.4 Å². The first kappa shape index (κ1) is 24.2. The molecule has 0 aromatic heterocycles. The molecule has 3 N–H and O–H groups in total. The molecule has 0 aliphatic heterocycles. The molecular weight excluding hydrogens is 416 g/mol. The SMILES string of the molecule is CCCNC(=O)C(=O)N/N=C\c1cccc(OC)c1OCC(=O)Nc1ccc(OC)cc1. The van der Waals surface area contributed by atoms with Gasteiger partial charge in [-0.15, -0.1) is 0 Å². The first-order valence-corrected chi connectivity index (χ1v) is 9.83. The van der Waals surface area contributed by atoms with Gasteiger partial charge >= 0.3 is 11.8 Å². The molecule has 0 unspecified atom stereocenters. The summed E-state index contributed by atoms with van der Waals surface area (Å²) in [7, 11) is 3.02. The molecule has 10 nitrogen and oxygen atoms in total. The second-order valence-electron chi connectivity index (χ2n) is 6.40. The Labute approximate surface area is 185 Å². The maximum Gasteiger partial charge on any atom is 0.329 e. The summed E-state index contributed by atoms with van der Waals surface area (Å²) in [6.45, 7) is 1.97.